The van der Waals surface area contributed by atoms with Gasteiger partial charge in [0.2, 0.25) is 16.2 Å². The van der Waals surface area contributed by atoms with Gasteiger partial charge in [-0.15, -0.1) is 0 Å². The van der Waals surface area contributed by atoms with Gasteiger partial charge in [0.05, 0.1) is 13.2 Å². The molecule has 3 N–H and O–H groups in total. The molecule has 0 radical (unpaired) electrons. The summed E-state index contributed by atoms with van der Waals surface area (Å²) in [5.74, 6) is 1.39. The molecular formula is C14H31N3O4S. The van der Waals surface area contributed by atoms with E-state index in [9.17, 15) is 13.0 Å². The Balaban J connectivity index is 0.000000534. The van der Waals surface area contributed by atoms with E-state index in [-0.39, 0.29) is 6.61 Å². The molecule has 7 nitrogen and oxygen atoms in total. The summed E-state index contributed by atoms with van der Waals surface area (Å²) in [4.78, 5) is 0. The van der Waals surface area contributed by atoms with Crippen LogP contribution in [-0.4, -0.2) is 55.7 Å². The summed E-state index contributed by atoms with van der Waals surface area (Å²) in [6, 6.07) is 0.690. The Bertz CT molecular complexity index is 424. The molecule has 0 aromatic heterocycles. The molecule has 0 aliphatic carbocycles. The molecule has 1 atom stereocenters. The molecule has 1 aliphatic heterocycles. The number of hydrogen-bond acceptors (Lipinski definition) is 6. The Morgan fingerprint density at radius 1 is 1.36 bits per heavy atom. The van der Waals surface area contributed by atoms with Crippen LogP contribution in [0.25, 0.3) is 0 Å². The summed E-state index contributed by atoms with van der Waals surface area (Å²) in [7, 11) is -4.42. The van der Waals surface area contributed by atoms with Crippen molar-refractivity contribution in [2.75, 3.05) is 26.2 Å². The molecule has 1 aliphatic rings. The van der Waals surface area contributed by atoms with Crippen LogP contribution in [0.3, 0.4) is 0 Å². The normalized spacial score (nSPS) is 18.0. The van der Waals surface area contributed by atoms with Gasteiger partial charge in [0.15, 0.2) is 0 Å². The van der Waals surface area contributed by atoms with E-state index in [0.717, 1.165) is 26.1 Å². The Hall–Kier alpha value is -0.700. The van der Waals surface area contributed by atoms with Crippen molar-refractivity contribution in [1.29, 1.82) is 0 Å². The fourth-order valence-corrected chi connectivity index (χ4v) is 2.77. The predicted octanol–water partition coefficient (Wildman–Crippen LogP) is 0.801. The maximum atomic E-state index is 9.45. The minimum Gasteiger partial charge on any atom is -0.726 e. The largest absolute Gasteiger partial charge is 0.726 e. The van der Waals surface area contributed by atoms with Crippen molar-refractivity contribution >= 4 is 16.2 Å². The van der Waals surface area contributed by atoms with E-state index in [2.05, 4.69) is 27.9 Å². The van der Waals surface area contributed by atoms with Gasteiger partial charge >= 0.3 is 0 Å². The van der Waals surface area contributed by atoms with Gasteiger partial charge in [-0.25, -0.2) is 8.42 Å². The number of nitrogens with one attached hydrogen (secondary N) is 1. The second kappa shape index (κ2) is 11.8. The zero-order valence-corrected chi connectivity index (χ0v) is 14.8. The molecule has 0 saturated heterocycles. The monoisotopic (exact) mass is 337 g/mol. The summed E-state index contributed by atoms with van der Waals surface area (Å²) < 4.78 is 34.5. The fourth-order valence-electron chi connectivity index (χ4n) is 2.48. The van der Waals surface area contributed by atoms with E-state index >= 15 is 0 Å². The lowest BCUT2D eigenvalue weighted by atomic mass is 10.1. The highest BCUT2D eigenvalue weighted by molar-refractivity contribution is 7.80. The van der Waals surface area contributed by atoms with Crippen molar-refractivity contribution in [2.45, 2.75) is 58.9 Å². The van der Waals surface area contributed by atoms with E-state index in [1.54, 1.807) is 0 Å². The summed E-state index contributed by atoms with van der Waals surface area (Å²) in [6.45, 7) is 8.69. The van der Waals surface area contributed by atoms with Crippen molar-refractivity contribution in [1.82, 2.24) is 5.32 Å². The first-order chi connectivity index (χ1) is 10.4. The summed E-state index contributed by atoms with van der Waals surface area (Å²) in [6.07, 6.45) is 6.42. The van der Waals surface area contributed by atoms with Crippen LogP contribution < -0.4 is 11.1 Å². The van der Waals surface area contributed by atoms with Crippen LogP contribution in [0.4, 0.5) is 0 Å². The third-order valence-electron chi connectivity index (χ3n) is 3.44. The molecule has 0 fully saturated rings. The van der Waals surface area contributed by atoms with Crippen molar-refractivity contribution in [3.63, 3.8) is 0 Å². The zero-order chi connectivity index (χ0) is 17.0. The zero-order valence-electron chi connectivity index (χ0n) is 14.0. The maximum Gasteiger partial charge on any atom is 0.244 e. The number of rotatable bonds is 9. The molecule has 0 aromatic carbocycles. The van der Waals surface area contributed by atoms with Crippen LogP contribution in [0.1, 0.15) is 52.9 Å². The van der Waals surface area contributed by atoms with Gasteiger partial charge in [0, 0.05) is 13.0 Å². The molecule has 132 valence electrons. The lowest BCUT2D eigenvalue weighted by Gasteiger charge is -2.11. The fraction of sp³-hybridized carbons (Fsp3) is 0.929. The maximum absolute atomic E-state index is 9.45. The van der Waals surface area contributed by atoms with Gasteiger partial charge in [-0.2, -0.15) is 0 Å². The first-order valence-corrected chi connectivity index (χ1v) is 9.39. The first-order valence-electron chi connectivity index (χ1n) is 8.06. The molecular weight excluding hydrogens is 306 g/mol. The van der Waals surface area contributed by atoms with Crippen LogP contribution in [-0.2, 0) is 14.6 Å². The second-order valence-corrected chi connectivity index (χ2v) is 6.18. The lowest BCUT2D eigenvalue weighted by Crippen LogP contribution is -2.31. The Morgan fingerprint density at radius 3 is 2.45 bits per heavy atom. The second-order valence-electron chi connectivity index (χ2n) is 5.13. The topological polar surface area (TPSA) is 107 Å². The number of nitrogens with two attached hydrogens (primary N) is 1. The Kier molecular flexibility index (Phi) is 11.4. The molecule has 0 amide bonds. The molecule has 1 rings (SSSR count). The third-order valence-corrected chi connectivity index (χ3v) is 3.96. The van der Waals surface area contributed by atoms with Crippen LogP contribution >= 0.6 is 0 Å². The number of amidine groups is 1. The lowest BCUT2D eigenvalue weighted by molar-refractivity contribution is -0.555. The first kappa shape index (κ1) is 21.3. The summed E-state index contributed by atoms with van der Waals surface area (Å²) in [5, 5.41) is 3.51. The molecule has 0 saturated carbocycles. The molecule has 0 spiro atoms. The average molecular weight is 337 g/mol. The van der Waals surface area contributed by atoms with E-state index in [0.29, 0.717) is 6.04 Å². The SMILES string of the molecule is CCCCCC1CNC(CC)=[N+]1CCN.CCOS(=O)(=O)[O-]. The molecule has 1 unspecified atom stereocenters. The standard InChI is InChI=1S/C12H25N3.C2H6O4S/c1-3-5-6-7-11-10-14-12(4-2)15(11)9-8-13;1-2-6-7(3,4)5/h11H,3-10,13H2,1-2H3;2H2,1H3,(H,3,4,5). The van der Waals surface area contributed by atoms with Crippen LogP contribution in [0, 0.1) is 0 Å². The van der Waals surface area contributed by atoms with E-state index in [4.69, 9.17) is 5.73 Å². The van der Waals surface area contributed by atoms with Crippen molar-refractivity contribution in [2.24, 2.45) is 5.73 Å². The van der Waals surface area contributed by atoms with Crippen molar-refractivity contribution < 1.29 is 21.7 Å². The van der Waals surface area contributed by atoms with Crippen molar-refractivity contribution in [3.8, 4) is 0 Å². The Morgan fingerprint density at radius 2 is 2.05 bits per heavy atom. The molecule has 22 heavy (non-hydrogen) atoms. The number of nitrogens with zero attached hydrogens (tertiary/aromatic N) is 1. The number of unbranched alkanes of at least 4 members (excludes halogenated alkanes) is 2. The van der Waals surface area contributed by atoms with Gasteiger partial charge < -0.3 is 10.3 Å². The highest BCUT2D eigenvalue weighted by Crippen LogP contribution is 2.10. The highest BCUT2D eigenvalue weighted by Gasteiger charge is 2.28. The summed E-state index contributed by atoms with van der Waals surface area (Å²) in [5.41, 5.74) is 5.66. The van der Waals surface area contributed by atoms with Crippen LogP contribution in [0.2, 0.25) is 0 Å². The molecule has 8 heteroatoms. The molecule has 0 bridgehead atoms. The van der Waals surface area contributed by atoms with Gasteiger partial charge in [0.25, 0.3) is 0 Å². The van der Waals surface area contributed by atoms with Gasteiger partial charge in [-0.3, -0.25) is 14.1 Å². The third kappa shape index (κ3) is 9.34. The van der Waals surface area contributed by atoms with E-state index < -0.39 is 10.4 Å². The van der Waals surface area contributed by atoms with Gasteiger partial charge in [0.1, 0.15) is 12.6 Å². The molecule has 1 heterocycles. The van der Waals surface area contributed by atoms with Gasteiger partial charge in [-0.1, -0.05) is 26.7 Å². The minimum atomic E-state index is -4.42. The minimum absolute atomic E-state index is 0.0914. The van der Waals surface area contributed by atoms with E-state index in [1.165, 1.54) is 38.4 Å². The number of hydrogen-bond donors (Lipinski definition) is 2. The van der Waals surface area contributed by atoms with E-state index in [1.807, 2.05) is 0 Å². The van der Waals surface area contributed by atoms with Crippen LogP contribution in [0.15, 0.2) is 0 Å². The summed E-state index contributed by atoms with van der Waals surface area (Å²) >= 11 is 0. The smallest absolute Gasteiger partial charge is 0.244 e. The average Bonchev–Trinajstić information content (AvgIpc) is 2.81. The van der Waals surface area contributed by atoms with Crippen molar-refractivity contribution in [3.05, 3.63) is 0 Å². The highest BCUT2D eigenvalue weighted by atomic mass is 32.3. The Labute approximate surface area is 134 Å². The molecule has 0 aromatic rings. The quantitative estimate of drug-likeness (QED) is 0.279. The van der Waals surface area contributed by atoms with Gasteiger partial charge in [-0.05, 0) is 19.8 Å². The predicted molar refractivity (Wildman–Crippen MR) is 86.7 cm³/mol. The van der Waals surface area contributed by atoms with Crippen LogP contribution in [0.5, 0.6) is 0 Å².